The first-order valence-electron chi connectivity index (χ1n) is 5.34. The first-order valence-corrected chi connectivity index (χ1v) is 5.34. The summed E-state index contributed by atoms with van der Waals surface area (Å²) in [5, 5.41) is 11.8. The van der Waals surface area contributed by atoms with Crippen LogP contribution < -0.4 is 5.32 Å². The second-order valence-corrected chi connectivity index (χ2v) is 4.23. The van der Waals surface area contributed by atoms with Crippen LogP contribution in [0.2, 0.25) is 0 Å². The van der Waals surface area contributed by atoms with E-state index in [0.29, 0.717) is 19.5 Å². The maximum absolute atomic E-state index is 11.4. The van der Waals surface area contributed by atoms with E-state index in [2.05, 4.69) is 10.1 Å². The average molecular weight is 230 g/mol. The van der Waals surface area contributed by atoms with Crippen molar-refractivity contribution >= 4 is 12.0 Å². The Hall–Kier alpha value is -1.14. The molecule has 1 atom stereocenters. The highest BCUT2D eigenvalue weighted by atomic mass is 16.5. The lowest BCUT2D eigenvalue weighted by Crippen LogP contribution is -2.40. The molecule has 0 aromatic heterocycles. The van der Waals surface area contributed by atoms with Gasteiger partial charge in [-0.25, -0.2) is 4.79 Å². The van der Waals surface area contributed by atoms with Crippen LogP contribution in [0.5, 0.6) is 0 Å². The monoisotopic (exact) mass is 230 g/mol. The van der Waals surface area contributed by atoms with Crippen molar-refractivity contribution in [2.75, 3.05) is 26.2 Å². The van der Waals surface area contributed by atoms with Crippen LogP contribution in [0.4, 0.5) is 4.79 Å². The quantitative estimate of drug-likeness (QED) is 0.697. The minimum Gasteiger partial charge on any atom is -0.450 e. The summed E-state index contributed by atoms with van der Waals surface area (Å²) in [4.78, 5) is 24.1. The summed E-state index contributed by atoms with van der Waals surface area (Å²) < 4.78 is 4.58. The number of carbonyl (C=O) groups is 2. The van der Waals surface area contributed by atoms with Crippen LogP contribution in [-0.4, -0.2) is 53.8 Å². The number of nitrogens with one attached hydrogen (secondary N) is 1. The van der Waals surface area contributed by atoms with Crippen LogP contribution in [0.15, 0.2) is 0 Å². The number of carbonyl (C=O) groups excluding carboxylic acids is 2. The Labute approximate surface area is 94.6 Å². The molecule has 16 heavy (non-hydrogen) atoms. The summed E-state index contributed by atoms with van der Waals surface area (Å²) in [5.41, 5.74) is -0.732. The third-order valence-electron chi connectivity index (χ3n) is 2.41. The van der Waals surface area contributed by atoms with E-state index in [4.69, 9.17) is 0 Å². The van der Waals surface area contributed by atoms with E-state index in [1.807, 2.05) is 0 Å². The summed E-state index contributed by atoms with van der Waals surface area (Å²) in [7, 11) is 0. The molecule has 0 aliphatic carbocycles. The van der Waals surface area contributed by atoms with Gasteiger partial charge in [0.1, 0.15) is 0 Å². The Balaban J connectivity index is 2.28. The highest BCUT2D eigenvalue weighted by molar-refractivity contribution is 5.92. The van der Waals surface area contributed by atoms with Crippen LogP contribution in [0.3, 0.4) is 0 Å². The molecular weight excluding hydrogens is 212 g/mol. The van der Waals surface area contributed by atoms with E-state index in [-0.39, 0.29) is 13.2 Å². The maximum Gasteiger partial charge on any atom is 0.413 e. The molecule has 1 rings (SSSR count). The fourth-order valence-electron chi connectivity index (χ4n) is 1.70. The summed E-state index contributed by atoms with van der Waals surface area (Å²) >= 11 is 0. The number of alkyl carbamates (subject to hydrolysis) is 1. The van der Waals surface area contributed by atoms with Gasteiger partial charge in [0.15, 0.2) is 0 Å². The van der Waals surface area contributed by atoms with Crippen molar-refractivity contribution in [2.45, 2.75) is 25.9 Å². The first kappa shape index (κ1) is 12.9. The van der Waals surface area contributed by atoms with Gasteiger partial charge in [-0.15, -0.1) is 0 Å². The van der Waals surface area contributed by atoms with Gasteiger partial charge in [0.25, 0.3) is 0 Å². The SMILES string of the molecule is CCOC(=O)NC(=O)CN1CCC(C)(O)C1. The van der Waals surface area contributed by atoms with Crippen LogP contribution in [0.25, 0.3) is 0 Å². The molecular formula is C10H18N2O4. The number of imide groups is 1. The van der Waals surface area contributed by atoms with Gasteiger partial charge >= 0.3 is 6.09 Å². The standard InChI is InChI=1S/C10H18N2O4/c1-3-16-9(14)11-8(13)6-12-5-4-10(2,15)7-12/h15H,3-7H2,1-2H3,(H,11,13,14). The predicted octanol–water partition coefficient (Wildman–Crippen LogP) is -0.284. The molecule has 0 saturated carbocycles. The van der Waals surface area contributed by atoms with E-state index in [0.717, 1.165) is 0 Å². The lowest BCUT2D eigenvalue weighted by atomic mass is 10.1. The lowest BCUT2D eigenvalue weighted by molar-refractivity contribution is -0.121. The molecule has 1 fully saturated rings. The number of amides is 2. The minimum atomic E-state index is -0.732. The molecule has 6 heteroatoms. The summed E-state index contributed by atoms with van der Waals surface area (Å²) in [6.07, 6.45) is -0.0851. The number of ether oxygens (including phenoxy) is 1. The van der Waals surface area contributed by atoms with E-state index >= 15 is 0 Å². The van der Waals surface area contributed by atoms with Gasteiger partial charge in [0, 0.05) is 13.1 Å². The fraction of sp³-hybridized carbons (Fsp3) is 0.800. The molecule has 0 bridgehead atoms. The third kappa shape index (κ3) is 4.16. The van der Waals surface area contributed by atoms with E-state index < -0.39 is 17.6 Å². The van der Waals surface area contributed by atoms with Gasteiger partial charge < -0.3 is 9.84 Å². The van der Waals surface area contributed by atoms with Gasteiger partial charge in [-0.05, 0) is 20.3 Å². The maximum atomic E-state index is 11.4. The van der Waals surface area contributed by atoms with E-state index in [1.165, 1.54) is 0 Å². The Kier molecular flexibility index (Phi) is 4.26. The van der Waals surface area contributed by atoms with Gasteiger partial charge in [-0.1, -0.05) is 0 Å². The van der Waals surface area contributed by atoms with Gasteiger partial charge in [0.2, 0.25) is 5.91 Å². The Morgan fingerprint density at radius 1 is 1.56 bits per heavy atom. The van der Waals surface area contributed by atoms with Crippen molar-refractivity contribution in [2.24, 2.45) is 0 Å². The normalized spacial score (nSPS) is 25.4. The molecule has 0 radical (unpaired) electrons. The number of β-amino-alcohol motifs (C(OH)–C–C–N with tert-alkyl or cyclic N) is 1. The number of nitrogens with zero attached hydrogens (tertiary/aromatic N) is 1. The number of rotatable bonds is 3. The molecule has 2 N–H and O–H groups in total. The molecule has 1 saturated heterocycles. The average Bonchev–Trinajstić information content (AvgIpc) is 2.45. The zero-order valence-corrected chi connectivity index (χ0v) is 9.65. The van der Waals surface area contributed by atoms with Crippen LogP contribution >= 0.6 is 0 Å². The van der Waals surface area contributed by atoms with Gasteiger partial charge in [-0.2, -0.15) is 0 Å². The molecule has 2 amide bonds. The lowest BCUT2D eigenvalue weighted by Gasteiger charge is -2.17. The molecule has 1 aliphatic heterocycles. The van der Waals surface area contributed by atoms with E-state index in [9.17, 15) is 14.7 Å². The highest BCUT2D eigenvalue weighted by Crippen LogP contribution is 2.19. The zero-order valence-electron chi connectivity index (χ0n) is 9.65. The van der Waals surface area contributed by atoms with Crippen molar-refractivity contribution < 1.29 is 19.4 Å². The van der Waals surface area contributed by atoms with Crippen molar-refractivity contribution in [1.29, 1.82) is 0 Å². The van der Waals surface area contributed by atoms with E-state index in [1.54, 1.807) is 18.7 Å². The first-order chi connectivity index (χ1) is 7.43. The third-order valence-corrected chi connectivity index (χ3v) is 2.41. The topological polar surface area (TPSA) is 78.9 Å². The van der Waals surface area contributed by atoms with Crippen LogP contribution in [-0.2, 0) is 9.53 Å². The molecule has 0 aromatic carbocycles. The van der Waals surface area contributed by atoms with Crippen molar-refractivity contribution in [1.82, 2.24) is 10.2 Å². The largest absolute Gasteiger partial charge is 0.450 e. The molecule has 1 heterocycles. The predicted molar refractivity (Wildman–Crippen MR) is 56.8 cm³/mol. The fourth-order valence-corrected chi connectivity index (χ4v) is 1.70. The van der Waals surface area contributed by atoms with Crippen molar-refractivity contribution in [3.8, 4) is 0 Å². The Morgan fingerprint density at radius 2 is 2.25 bits per heavy atom. The van der Waals surface area contributed by atoms with Gasteiger partial charge in [-0.3, -0.25) is 15.0 Å². The molecule has 92 valence electrons. The summed E-state index contributed by atoms with van der Waals surface area (Å²) in [6.45, 7) is 4.84. The summed E-state index contributed by atoms with van der Waals surface area (Å²) in [6, 6.07) is 0. The Morgan fingerprint density at radius 3 is 2.75 bits per heavy atom. The Bertz CT molecular complexity index is 278. The van der Waals surface area contributed by atoms with Crippen LogP contribution in [0, 0.1) is 0 Å². The molecule has 1 aliphatic rings. The number of aliphatic hydroxyl groups is 1. The molecule has 0 aromatic rings. The minimum absolute atomic E-state index is 0.106. The highest BCUT2D eigenvalue weighted by Gasteiger charge is 2.32. The second kappa shape index (κ2) is 5.27. The van der Waals surface area contributed by atoms with Crippen LogP contribution in [0.1, 0.15) is 20.3 Å². The van der Waals surface area contributed by atoms with Crippen molar-refractivity contribution in [3.05, 3.63) is 0 Å². The number of hydrogen-bond donors (Lipinski definition) is 2. The molecule has 0 spiro atoms. The van der Waals surface area contributed by atoms with Crippen molar-refractivity contribution in [3.63, 3.8) is 0 Å². The summed E-state index contributed by atoms with van der Waals surface area (Å²) in [5.74, 6) is -0.406. The zero-order chi connectivity index (χ0) is 12.2. The molecule has 6 nitrogen and oxygen atoms in total. The van der Waals surface area contributed by atoms with Gasteiger partial charge in [0.05, 0.1) is 18.8 Å². The number of hydrogen-bond acceptors (Lipinski definition) is 5. The smallest absolute Gasteiger partial charge is 0.413 e. The number of likely N-dealkylation sites (tertiary alicyclic amines) is 1. The second-order valence-electron chi connectivity index (χ2n) is 4.23. The molecule has 1 unspecified atom stereocenters.